The number of nitrogens with zero attached hydrogens (tertiary/aromatic N) is 1. The second-order valence-electron chi connectivity index (χ2n) is 2.70. The molecule has 0 aliphatic carbocycles. The van der Waals surface area contributed by atoms with Crippen LogP contribution in [0.15, 0.2) is 12.3 Å². The Bertz CT molecular complexity index is 260. The zero-order valence-corrected chi connectivity index (χ0v) is 7.75. The van der Waals surface area contributed by atoms with E-state index in [9.17, 15) is 4.79 Å². The Morgan fingerprint density at radius 3 is 3.15 bits per heavy atom. The van der Waals surface area contributed by atoms with Gasteiger partial charge >= 0.3 is 6.09 Å². The van der Waals surface area contributed by atoms with Crippen molar-refractivity contribution >= 4 is 6.09 Å². The van der Waals surface area contributed by atoms with E-state index in [0.29, 0.717) is 0 Å². The average Bonchev–Trinajstić information content (AvgIpc) is 2.19. The summed E-state index contributed by atoms with van der Waals surface area (Å²) in [7, 11) is 0. The van der Waals surface area contributed by atoms with Crippen LogP contribution in [0.25, 0.3) is 0 Å². The number of amides is 1. The number of carbonyl (C=O) groups excluding carboxylic acids is 1. The molecule has 0 saturated carbocycles. The van der Waals surface area contributed by atoms with Crippen LogP contribution < -0.4 is 0 Å². The van der Waals surface area contributed by atoms with Crippen LogP contribution in [-0.4, -0.2) is 24.1 Å². The van der Waals surface area contributed by atoms with Gasteiger partial charge in [0.15, 0.2) is 6.61 Å². The molecule has 1 aliphatic rings. The molecule has 0 unspecified atom stereocenters. The van der Waals surface area contributed by atoms with Gasteiger partial charge in [0.25, 0.3) is 0 Å². The Morgan fingerprint density at radius 1 is 1.69 bits per heavy atom. The summed E-state index contributed by atoms with van der Waals surface area (Å²) < 4.78 is 4.88. The third-order valence-electron chi connectivity index (χ3n) is 1.73. The van der Waals surface area contributed by atoms with Gasteiger partial charge in [0.2, 0.25) is 0 Å². The summed E-state index contributed by atoms with van der Waals surface area (Å²) in [6.07, 6.45) is 5.48. The van der Waals surface area contributed by atoms with Crippen LogP contribution in [-0.2, 0) is 4.74 Å². The third-order valence-corrected chi connectivity index (χ3v) is 1.73. The van der Waals surface area contributed by atoms with E-state index in [1.165, 1.54) is 0 Å². The minimum Gasteiger partial charge on any atom is -0.436 e. The van der Waals surface area contributed by atoms with Crippen molar-refractivity contribution in [1.82, 2.24) is 4.90 Å². The highest BCUT2D eigenvalue weighted by molar-refractivity contribution is 5.69. The van der Waals surface area contributed by atoms with Crippen molar-refractivity contribution in [2.75, 3.05) is 13.2 Å². The summed E-state index contributed by atoms with van der Waals surface area (Å²) in [6.45, 7) is 2.64. The van der Waals surface area contributed by atoms with Crippen LogP contribution in [0, 0.1) is 11.8 Å². The standard InChI is InChI=1S/C10H13NO2/c1-2-3-9-13-10(12)11-7-5-4-6-8-11/h5,7H,4,6,8-9H2,1H3. The van der Waals surface area contributed by atoms with Gasteiger partial charge in [-0.1, -0.05) is 12.0 Å². The number of hydrogen-bond acceptors (Lipinski definition) is 2. The Kier molecular flexibility index (Phi) is 3.90. The molecule has 13 heavy (non-hydrogen) atoms. The minimum absolute atomic E-state index is 0.180. The van der Waals surface area contributed by atoms with Gasteiger partial charge in [0.1, 0.15) is 0 Å². The molecule has 1 amide bonds. The highest BCUT2D eigenvalue weighted by atomic mass is 16.6. The van der Waals surface area contributed by atoms with E-state index in [0.717, 1.165) is 19.4 Å². The Morgan fingerprint density at radius 2 is 2.54 bits per heavy atom. The molecule has 0 spiro atoms. The molecular weight excluding hydrogens is 166 g/mol. The molecule has 1 heterocycles. The monoisotopic (exact) mass is 179 g/mol. The van der Waals surface area contributed by atoms with Crippen molar-refractivity contribution in [2.45, 2.75) is 19.8 Å². The van der Waals surface area contributed by atoms with Gasteiger partial charge < -0.3 is 4.74 Å². The van der Waals surface area contributed by atoms with Gasteiger partial charge in [0.05, 0.1) is 0 Å². The average molecular weight is 179 g/mol. The predicted octanol–water partition coefficient (Wildman–Crippen LogP) is 1.76. The summed E-state index contributed by atoms with van der Waals surface area (Å²) in [4.78, 5) is 12.8. The van der Waals surface area contributed by atoms with Crippen molar-refractivity contribution < 1.29 is 9.53 Å². The summed E-state index contributed by atoms with van der Waals surface area (Å²) in [5, 5.41) is 0. The molecule has 0 aromatic carbocycles. The number of ether oxygens (including phenoxy) is 1. The summed E-state index contributed by atoms with van der Waals surface area (Å²) in [5.41, 5.74) is 0. The molecule has 1 aliphatic heterocycles. The zero-order valence-electron chi connectivity index (χ0n) is 7.75. The molecular formula is C10H13NO2. The van der Waals surface area contributed by atoms with Crippen LogP contribution in [0.4, 0.5) is 4.79 Å². The van der Waals surface area contributed by atoms with Gasteiger partial charge in [-0.2, -0.15) is 0 Å². The zero-order chi connectivity index (χ0) is 9.52. The van der Waals surface area contributed by atoms with Crippen LogP contribution >= 0.6 is 0 Å². The number of allylic oxidation sites excluding steroid dienone is 1. The second-order valence-corrected chi connectivity index (χ2v) is 2.70. The van der Waals surface area contributed by atoms with Gasteiger partial charge in [-0.25, -0.2) is 4.79 Å². The van der Waals surface area contributed by atoms with E-state index in [4.69, 9.17) is 4.74 Å². The maximum absolute atomic E-state index is 11.3. The fourth-order valence-electron chi connectivity index (χ4n) is 1.06. The highest BCUT2D eigenvalue weighted by Gasteiger charge is 2.12. The lowest BCUT2D eigenvalue weighted by molar-refractivity contribution is 0.128. The Hall–Kier alpha value is -1.43. The van der Waals surface area contributed by atoms with Crippen molar-refractivity contribution in [3.05, 3.63) is 12.3 Å². The van der Waals surface area contributed by atoms with Crippen molar-refractivity contribution in [2.24, 2.45) is 0 Å². The smallest absolute Gasteiger partial charge is 0.414 e. The van der Waals surface area contributed by atoms with Crippen molar-refractivity contribution in [3.8, 4) is 11.8 Å². The first-order valence-electron chi connectivity index (χ1n) is 4.34. The highest BCUT2D eigenvalue weighted by Crippen LogP contribution is 2.06. The molecule has 1 rings (SSSR count). The molecule has 0 bridgehead atoms. The summed E-state index contributed by atoms with van der Waals surface area (Å²) >= 11 is 0. The van der Waals surface area contributed by atoms with E-state index in [-0.39, 0.29) is 12.7 Å². The molecule has 0 N–H and O–H groups in total. The number of carbonyl (C=O) groups is 1. The number of rotatable bonds is 1. The fraction of sp³-hybridized carbons (Fsp3) is 0.500. The Labute approximate surface area is 78.4 Å². The minimum atomic E-state index is -0.307. The molecule has 0 fully saturated rings. The molecule has 0 atom stereocenters. The van der Waals surface area contributed by atoms with Crippen molar-refractivity contribution in [3.63, 3.8) is 0 Å². The SMILES string of the molecule is CC#CCOC(=O)N1C=CCCC1. The van der Waals surface area contributed by atoms with E-state index in [1.54, 1.807) is 18.0 Å². The summed E-state index contributed by atoms with van der Waals surface area (Å²) in [5.74, 6) is 5.34. The largest absolute Gasteiger partial charge is 0.436 e. The van der Waals surface area contributed by atoms with E-state index in [2.05, 4.69) is 11.8 Å². The van der Waals surface area contributed by atoms with Gasteiger partial charge in [-0.05, 0) is 19.8 Å². The van der Waals surface area contributed by atoms with Gasteiger partial charge in [0, 0.05) is 12.7 Å². The van der Waals surface area contributed by atoms with Crippen LogP contribution in [0.5, 0.6) is 0 Å². The maximum Gasteiger partial charge on any atom is 0.414 e. The lowest BCUT2D eigenvalue weighted by Crippen LogP contribution is -2.29. The first-order chi connectivity index (χ1) is 6.34. The van der Waals surface area contributed by atoms with Crippen LogP contribution in [0.1, 0.15) is 19.8 Å². The first-order valence-corrected chi connectivity index (χ1v) is 4.34. The molecule has 0 aromatic heterocycles. The molecule has 0 radical (unpaired) electrons. The quantitative estimate of drug-likeness (QED) is 0.574. The fourth-order valence-corrected chi connectivity index (χ4v) is 1.06. The lowest BCUT2D eigenvalue weighted by Gasteiger charge is -2.19. The van der Waals surface area contributed by atoms with Gasteiger partial charge in [-0.15, -0.1) is 5.92 Å². The molecule has 0 aromatic rings. The third kappa shape index (κ3) is 3.20. The maximum atomic E-state index is 11.3. The van der Waals surface area contributed by atoms with E-state index in [1.807, 2.05) is 6.08 Å². The van der Waals surface area contributed by atoms with Crippen molar-refractivity contribution in [1.29, 1.82) is 0 Å². The van der Waals surface area contributed by atoms with E-state index < -0.39 is 0 Å². The van der Waals surface area contributed by atoms with Gasteiger partial charge in [-0.3, -0.25) is 4.90 Å². The molecule has 3 nitrogen and oxygen atoms in total. The lowest BCUT2D eigenvalue weighted by atomic mass is 10.2. The van der Waals surface area contributed by atoms with E-state index >= 15 is 0 Å². The van der Waals surface area contributed by atoms with Crippen LogP contribution in [0.3, 0.4) is 0 Å². The molecule has 3 heteroatoms. The second kappa shape index (κ2) is 5.26. The predicted molar refractivity (Wildman–Crippen MR) is 49.9 cm³/mol. The first kappa shape index (κ1) is 9.66. The summed E-state index contributed by atoms with van der Waals surface area (Å²) in [6, 6.07) is 0. The topological polar surface area (TPSA) is 29.5 Å². The molecule has 70 valence electrons. The molecule has 0 saturated heterocycles. The number of hydrogen-bond donors (Lipinski definition) is 0. The normalized spacial score (nSPS) is 14.7. The van der Waals surface area contributed by atoms with Crippen LogP contribution in [0.2, 0.25) is 0 Å². The Balaban J connectivity index is 2.32.